The highest BCUT2D eigenvalue weighted by molar-refractivity contribution is 7.10. The van der Waals surface area contributed by atoms with Crippen molar-refractivity contribution in [1.29, 1.82) is 0 Å². The number of hydrogen-bond donors (Lipinski definition) is 1. The van der Waals surface area contributed by atoms with Gasteiger partial charge in [0.05, 0.1) is 12.5 Å². The van der Waals surface area contributed by atoms with Crippen LogP contribution in [-0.2, 0) is 13.0 Å². The summed E-state index contributed by atoms with van der Waals surface area (Å²) in [6.45, 7) is 0.734. The normalized spacial score (nSPS) is 22.4. The second-order valence-corrected chi connectivity index (χ2v) is 6.45. The zero-order valence-corrected chi connectivity index (χ0v) is 11.6. The minimum atomic E-state index is 0.317. The molecule has 1 N–H and O–H groups in total. The summed E-state index contributed by atoms with van der Waals surface area (Å²) in [5, 5.41) is 9.70. The summed E-state index contributed by atoms with van der Waals surface area (Å²) in [5.74, 6) is 1.91. The fourth-order valence-corrected chi connectivity index (χ4v) is 3.73. The first-order chi connectivity index (χ1) is 9.40. The Bertz CT molecular complexity index is 573. The molecule has 2 aromatic heterocycles. The van der Waals surface area contributed by atoms with E-state index in [9.17, 15) is 0 Å². The smallest absolute Gasteiger partial charge is 0.234 e. The van der Waals surface area contributed by atoms with Crippen LogP contribution in [0.2, 0.25) is 0 Å². The van der Waals surface area contributed by atoms with Crippen molar-refractivity contribution in [2.45, 2.75) is 50.6 Å². The minimum Gasteiger partial charge on any atom is -0.339 e. The summed E-state index contributed by atoms with van der Waals surface area (Å²) in [4.78, 5) is 6.07. The molecule has 0 saturated heterocycles. The highest BCUT2D eigenvalue weighted by Gasteiger charge is 2.28. The molecule has 0 spiro atoms. The van der Waals surface area contributed by atoms with Crippen molar-refractivity contribution in [3.63, 3.8) is 0 Å². The third-order valence-electron chi connectivity index (χ3n) is 3.96. The minimum absolute atomic E-state index is 0.317. The summed E-state index contributed by atoms with van der Waals surface area (Å²) < 4.78 is 5.49. The maximum Gasteiger partial charge on any atom is 0.234 e. The van der Waals surface area contributed by atoms with Crippen molar-refractivity contribution < 1.29 is 4.52 Å². The van der Waals surface area contributed by atoms with Gasteiger partial charge in [0.1, 0.15) is 0 Å². The molecule has 0 aliphatic heterocycles. The van der Waals surface area contributed by atoms with Gasteiger partial charge in [-0.2, -0.15) is 4.98 Å². The number of aryl methyl sites for hydroxylation is 1. The van der Waals surface area contributed by atoms with E-state index in [0.29, 0.717) is 12.0 Å². The molecule has 100 valence electrons. The Labute approximate surface area is 116 Å². The van der Waals surface area contributed by atoms with Crippen LogP contribution in [0.5, 0.6) is 0 Å². The Hall–Kier alpha value is -1.20. The molecule has 1 saturated carbocycles. The van der Waals surface area contributed by atoms with Gasteiger partial charge in [0.15, 0.2) is 5.82 Å². The van der Waals surface area contributed by atoms with Gasteiger partial charge in [-0.05, 0) is 49.1 Å². The number of nitrogens with one attached hydrogen (secondary N) is 1. The average Bonchev–Trinajstić information content (AvgIpc) is 2.96. The zero-order chi connectivity index (χ0) is 12.7. The molecule has 4 nitrogen and oxygen atoms in total. The summed E-state index contributed by atoms with van der Waals surface area (Å²) >= 11 is 1.85. The van der Waals surface area contributed by atoms with Crippen LogP contribution in [0.3, 0.4) is 0 Å². The van der Waals surface area contributed by atoms with Crippen LogP contribution in [-0.4, -0.2) is 16.2 Å². The summed E-state index contributed by atoms with van der Waals surface area (Å²) in [5.41, 5.74) is 1.40. The fraction of sp³-hybridized carbons (Fsp3) is 0.571. The topological polar surface area (TPSA) is 51.0 Å². The molecule has 2 aliphatic rings. The average molecular weight is 275 g/mol. The number of aromatic nitrogens is 2. The number of thiophene rings is 1. The highest BCUT2D eigenvalue weighted by atomic mass is 32.1. The van der Waals surface area contributed by atoms with Gasteiger partial charge in [0, 0.05) is 10.9 Å². The quantitative estimate of drug-likeness (QED) is 0.932. The molecule has 2 heterocycles. The molecule has 4 rings (SSSR count). The van der Waals surface area contributed by atoms with E-state index in [0.717, 1.165) is 24.7 Å². The molecule has 0 aromatic carbocycles. The lowest BCUT2D eigenvalue weighted by Gasteiger charge is -2.18. The lowest BCUT2D eigenvalue weighted by molar-refractivity contribution is 0.350. The molecule has 5 heteroatoms. The molecular formula is C14H17N3OS. The Morgan fingerprint density at radius 3 is 3.21 bits per heavy atom. The zero-order valence-electron chi connectivity index (χ0n) is 10.8. The molecule has 1 fully saturated rings. The van der Waals surface area contributed by atoms with Gasteiger partial charge in [-0.3, -0.25) is 0 Å². The molecule has 1 unspecified atom stereocenters. The van der Waals surface area contributed by atoms with Crippen LogP contribution in [0.1, 0.15) is 53.8 Å². The van der Waals surface area contributed by atoms with Gasteiger partial charge >= 0.3 is 0 Å². The predicted molar refractivity (Wildman–Crippen MR) is 73.3 cm³/mol. The lowest BCUT2D eigenvalue weighted by atomic mass is 9.88. The molecular weight excluding hydrogens is 258 g/mol. The van der Waals surface area contributed by atoms with Crippen molar-refractivity contribution in [1.82, 2.24) is 15.5 Å². The van der Waals surface area contributed by atoms with E-state index < -0.39 is 0 Å². The summed E-state index contributed by atoms with van der Waals surface area (Å²) in [7, 11) is 0. The molecule has 19 heavy (non-hydrogen) atoms. The Morgan fingerprint density at radius 1 is 1.37 bits per heavy atom. The SMILES string of the molecule is c1cc2c(s1)CCCC2c1nc(CNC2CC2)no1. The van der Waals surface area contributed by atoms with E-state index in [1.807, 2.05) is 11.3 Å². The van der Waals surface area contributed by atoms with Gasteiger partial charge < -0.3 is 9.84 Å². The van der Waals surface area contributed by atoms with Crippen LogP contribution in [0, 0.1) is 0 Å². The summed E-state index contributed by atoms with van der Waals surface area (Å²) in [6, 6.07) is 2.90. The van der Waals surface area contributed by atoms with E-state index in [4.69, 9.17) is 4.52 Å². The first kappa shape index (κ1) is 11.6. The van der Waals surface area contributed by atoms with Gasteiger partial charge in [-0.15, -0.1) is 11.3 Å². The first-order valence-electron chi connectivity index (χ1n) is 7.02. The number of rotatable bonds is 4. The molecule has 0 bridgehead atoms. The van der Waals surface area contributed by atoms with Crippen molar-refractivity contribution in [3.8, 4) is 0 Å². The largest absolute Gasteiger partial charge is 0.339 e. The van der Waals surface area contributed by atoms with Crippen LogP contribution in [0.15, 0.2) is 16.0 Å². The van der Waals surface area contributed by atoms with Crippen molar-refractivity contribution in [3.05, 3.63) is 33.6 Å². The fourth-order valence-electron chi connectivity index (χ4n) is 2.75. The van der Waals surface area contributed by atoms with Gasteiger partial charge in [0.2, 0.25) is 5.89 Å². The molecule has 0 amide bonds. The van der Waals surface area contributed by atoms with E-state index in [1.165, 1.54) is 36.1 Å². The van der Waals surface area contributed by atoms with Crippen molar-refractivity contribution in [2.24, 2.45) is 0 Å². The maximum absolute atomic E-state index is 5.49. The predicted octanol–water partition coefficient (Wildman–Crippen LogP) is 2.85. The monoisotopic (exact) mass is 275 g/mol. The first-order valence-corrected chi connectivity index (χ1v) is 7.90. The number of nitrogens with zero attached hydrogens (tertiary/aromatic N) is 2. The van der Waals surface area contributed by atoms with Crippen molar-refractivity contribution in [2.75, 3.05) is 0 Å². The molecule has 0 radical (unpaired) electrons. The number of fused-ring (bicyclic) bond motifs is 1. The molecule has 2 aromatic rings. The molecule has 1 atom stereocenters. The molecule has 2 aliphatic carbocycles. The Kier molecular flexibility index (Phi) is 2.89. The second-order valence-electron chi connectivity index (χ2n) is 5.45. The second kappa shape index (κ2) is 4.72. The van der Waals surface area contributed by atoms with Gasteiger partial charge in [0.25, 0.3) is 0 Å². The van der Waals surface area contributed by atoms with Crippen LogP contribution >= 0.6 is 11.3 Å². The van der Waals surface area contributed by atoms with E-state index in [1.54, 1.807) is 0 Å². The van der Waals surface area contributed by atoms with E-state index >= 15 is 0 Å². The number of hydrogen-bond acceptors (Lipinski definition) is 5. The third-order valence-corrected chi connectivity index (χ3v) is 4.96. The van der Waals surface area contributed by atoms with Crippen LogP contribution < -0.4 is 5.32 Å². The summed E-state index contributed by atoms with van der Waals surface area (Å²) in [6.07, 6.45) is 6.11. The Balaban J connectivity index is 1.53. The van der Waals surface area contributed by atoms with E-state index in [-0.39, 0.29) is 0 Å². The standard InChI is InChI=1S/C14H17N3OS/c1-2-11(10-6-7-19-12(10)3-1)14-16-13(17-18-14)8-15-9-4-5-9/h6-7,9,11,15H,1-5,8H2. The highest BCUT2D eigenvalue weighted by Crippen LogP contribution is 2.38. The van der Waals surface area contributed by atoms with Crippen LogP contribution in [0.4, 0.5) is 0 Å². The maximum atomic E-state index is 5.49. The lowest BCUT2D eigenvalue weighted by Crippen LogP contribution is -2.16. The van der Waals surface area contributed by atoms with Crippen LogP contribution in [0.25, 0.3) is 0 Å². The van der Waals surface area contributed by atoms with Crippen molar-refractivity contribution >= 4 is 11.3 Å². The van der Waals surface area contributed by atoms with Gasteiger partial charge in [-0.25, -0.2) is 0 Å². The van der Waals surface area contributed by atoms with Gasteiger partial charge in [-0.1, -0.05) is 5.16 Å². The van der Waals surface area contributed by atoms with E-state index in [2.05, 4.69) is 26.9 Å². The Morgan fingerprint density at radius 2 is 2.32 bits per heavy atom. The third kappa shape index (κ3) is 2.32.